The summed E-state index contributed by atoms with van der Waals surface area (Å²) >= 11 is 0. The van der Waals surface area contributed by atoms with E-state index in [0.717, 1.165) is 6.54 Å². The molecule has 0 aromatic rings. The molecule has 146 valence electrons. The lowest BCUT2D eigenvalue weighted by Crippen LogP contribution is -2.29. The highest BCUT2D eigenvalue weighted by atomic mass is 33.1. The van der Waals surface area contributed by atoms with Gasteiger partial charge in [-0.05, 0) is 20.9 Å². The van der Waals surface area contributed by atoms with Gasteiger partial charge in [-0.25, -0.2) is 4.79 Å². The zero-order chi connectivity index (χ0) is 19.0. The smallest absolute Gasteiger partial charge is 0.407 e. The molecule has 0 saturated carbocycles. The minimum Gasteiger partial charge on any atom is -0.447 e. The molecule has 0 unspecified atom stereocenters. The van der Waals surface area contributed by atoms with Gasteiger partial charge in [0, 0.05) is 23.8 Å². The third kappa shape index (κ3) is 18.0. The van der Waals surface area contributed by atoms with Crippen LogP contribution in [0.5, 0.6) is 0 Å². The molecule has 0 heterocycles. The van der Waals surface area contributed by atoms with Crippen molar-refractivity contribution in [3.8, 4) is 11.8 Å². The molecule has 8 heteroatoms. The van der Waals surface area contributed by atoms with Crippen LogP contribution in [0.2, 0.25) is 0 Å². The average molecular weight is 393 g/mol. The van der Waals surface area contributed by atoms with Crippen molar-refractivity contribution in [3.05, 3.63) is 0 Å². The van der Waals surface area contributed by atoms with Crippen LogP contribution in [-0.2, 0) is 14.2 Å². The Labute approximate surface area is 160 Å². The van der Waals surface area contributed by atoms with E-state index in [1.807, 2.05) is 20.9 Å². The molecule has 6 nitrogen and oxygen atoms in total. The molecule has 0 atom stereocenters. The van der Waals surface area contributed by atoms with Crippen molar-refractivity contribution in [2.75, 3.05) is 52.5 Å². The number of alkyl carbamates (subject to hydrolysis) is 1. The van der Waals surface area contributed by atoms with Gasteiger partial charge in [0.1, 0.15) is 19.2 Å². The van der Waals surface area contributed by atoms with Crippen molar-refractivity contribution in [1.29, 1.82) is 0 Å². The minimum absolute atomic E-state index is 0.154. The Kier molecular flexibility index (Phi) is 15.3. The maximum absolute atomic E-state index is 11.4. The van der Waals surface area contributed by atoms with E-state index in [9.17, 15) is 4.79 Å². The first-order valence-electron chi connectivity index (χ1n) is 8.37. The maximum Gasteiger partial charge on any atom is 0.407 e. The first-order chi connectivity index (χ1) is 11.9. The Morgan fingerprint density at radius 3 is 2.64 bits per heavy atom. The Bertz CT molecular complexity index is 409. The van der Waals surface area contributed by atoms with E-state index < -0.39 is 6.09 Å². The van der Waals surface area contributed by atoms with Crippen molar-refractivity contribution in [2.45, 2.75) is 32.4 Å². The Morgan fingerprint density at radius 1 is 1.20 bits per heavy atom. The quantitative estimate of drug-likeness (QED) is 0.216. The van der Waals surface area contributed by atoms with Gasteiger partial charge in [0.05, 0.1) is 13.2 Å². The number of hydrogen-bond acceptors (Lipinski definition) is 7. The van der Waals surface area contributed by atoms with Crippen LogP contribution in [0.4, 0.5) is 4.79 Å². The largest absolute Gasteiger partial charge is 0.447 e. The van der Waals surface area contributed by atoms with Crippen LogP contribution in [0.1, 0.15) is 27.7 Å². The van der Waals surface area contributed by atoms with Crippen LogP contribution >= 0.6 is 21.6 Å². The van der Waals surface area contributed by atoms with Gasteiger partial charge < -0.3 is 24.8 Å². The predicted molar refractivity (Wildman–Crippen MR) is 107 cm³/mol. The second kappa shape index (κ2) is 15.6. The lowest BCUT2D eigenvalue weighted by atomic mass is 10.2. The first kappa shape index (κ1) is 24.4. The van der Waals surface area contributed by atoms with Crippen molar-refractivity contribution < 1.29 is 19.0 Å². The highest BCUT2D eigenvalue weighted by molar-refractivity contribution is 8.77. The number of hydrogen-bond donors (Lipinski definition) is 2. The Hall–Kier alpha value is -0.590. The fourth-order valence-electron chi connectivity index (χ4n) is 1.57. The van der Waals surface area contributed by atoms with Gasteiger partial charge in [-0.1, -0.05) is 47.3 Å². The zero-order valence-electron chi connectivity index (χ0n) is 16.0. The van der Waals surface area contributed by atoms with Crippen LogP contribution in [-0.4, -0.2) is 63.3 Å². The summed E-state index contributed by atoms with van der Waals surface area (Å²) in [5.41, 5.74) is 0. The first-order valence-corrected chi connectivity index (χ1v) is 10.7. The Balaban J connectivity index is 3.40. The molecule has 0 aromatic heterocycles. The van der Waals surface area contributed by atoms with Crippen LogP contribution < -0.4 is 10.6 Å². The number of rotatable bonds is 13. The summed E-state index contributed by atoms with van der Waals surface area (Å²) in [6, 6.07) is 0. The number of ether oxygens (including phenoxy) is 3. The second-order valence-electron chi connectivity index (χ2n) is 6.11. The summed E-state index contributed by atoms with van der Waals surface area (Å²) in [5.74, 6) is 6.82. The molecule has 0 saturated heterocycles. The van der Waals surface area contributed by atoms with E-state index in [1.165, 1.54) is 0 Å². The molecule has 0 spiro atoms. The highest BCUT2D eigenvalue weighted by Gasteiger charge is 2.17. The zero-order valence-corrected chi connectivity index (χ0v) is 17.6. The third-order valence-electron chi connectivity index (χ3n) is 2.56. The van der Waals surface area contributed by atoms with Crippen LogP contribution in [0.25, 0.3) is 0 Å². The lowest BCUT2D eigenvalue weighted by Gasteiger charge is -2.22. The Morgan fingerprint density at radius 2 is 1.96 bits per heavy atom. The van der Waals surface area contributed by atoms with E-state index >= 15 is 0 Å². The van der Waals surface area contributed by atoms with Crippen LogP contribution in [0.15, 0.2) is 0 Å². The molecule has 0 aliphatic carbocycles. The molecule has 1 amide bonds. The number of carbonyl (C=O) groups excluding carboxylic acids is 1. The molecule has 0 aromatic carbocycles. The molecule has 2 N–H and O–H groups in total. The van der Waals surface area contributed by atoms with Crippen molar-refractivity contribution in [3.63, 3.8) is 0 Å². The molecule has 0 aliphatic heterocycles. The SMILES string of the molecule is CNCC(C)(C)SSCOCCOC(=O)NCCOCC#CC(C)C. The molecular formula is C17H32N2O4S2. The number of amides is 1. The maximum atomic E-state index is 11.4. The molecule has 0 radical (unpaired) electrons. The predicted octanol–water partition coefficient (Wildman–Crippen LogP) is 2.74. The molecule has 0 fully saturated rings. The average Bonchev–Trinajstić information content (AvgIpc) is 2.52. The van der Waals surface area contributed by atoms with Crippen molar-refractivity contribution in [1.82, 2.24) is 10.6 Å². The van der Waals surface area contributed by atoms with E-state index in [4.69, 9.17) is 14.2 Å². The van der Waals surface area contributed by atoms with Gasteiger partial charge in [0.15, 0.2) is 0 Å². The summed E-state index contributed by atoms with van der Waals surface area (Å²) in [6.07, 6.45) is -0.461. The number of nitrogens with one attached hydrogen (secondary N) is 2. The molecule has 0 aliphatic rings. The van der Waals surface area contributed by atoms with Gasteiger partial charge in [-0.2, -0.15) is 0 Å². The summed E-state index contributed by atoms with van der Waals surface area (Å²) in [7, 11) is 5.37. The van der Waals surface area contributed by atoms with Gasteiger partial charge in [0.25, 0.3) is 0 Å². The normalized spacial score (nSPS) is 11.1. The van der Waals surface area contributed by atoms with E-state index in [1.54, 1.807) is 21.6 Å². The van der Waals surface area contributed by atoms with Gasteiger partial charge >= 0.3 is 6.09 Å². The van der Waals surface area contributed by atoms with E-state index in [-0.39, 0.29) is 11.4 Å². The minimum atomic E-state index is -0.461. The molecular weight excluding hydrogens is 360 g/mol. The van der Waals surface area contributed by atoms with E-state index in [2.05, 4.69) is 36.3 Å². The fraction of sp³-hybridized carbons (Fsp3) is 0.824. The van der Waals surface area contributed by atoms with Crippen LogP contribution in [0, 0.1) is 17.8 Å². The monoisotopic (exact) mass is 392 g/mol. The van der Waals surface area contributed by atoms with Crippen LogP contribution in [0.3, 0.4) is 0 Å². The third-order valence-corrected chi connectivity index (χ3v) is 5.53. The van der Waals surface area contributed by atoms with Crippen molar-refractivity contribution in [2.24, 2.45) is 5.92 Å². The lowest BCUT2D eigenvalue weighted by molar-refractivity contribution is 0.0908. The highest BCUT2D eigenvalue weighted by Crippen LogP contribution is 2.34. The molecule has 0 rings (SSSR count). The van der Waals surface area contributed by atoms with Crippen molar-refractivity contribution >= 4 is 27.7 Å². The van der Waals surface area contributed by atoms with Gasteiger partial charge in [-0.15, -0.1) is 0 Å². The van der Waals surface area contributed by atoms with Gasteiger partial charge in [-0.3, -0.25) is 0 Å². The van der Waals surface area contributed by atoms with Gasteiger partial charge in [0.2, 0.25) is 0 Å². The summed E-state index contributed by atoms with van der Waals surface area (Å²) < 4.78 is 15.9. The summed E-state index contributed by atoms with van der Waals surface area (Å²) in [4.78, 5) is 11.4. The number of carbonyl (C=O) groups is 1. The summed E-state index contributed by atoms with van der Waals surface area (Å²) in [5, 5.41) is 5.77. The topological polar surface area (TPSA) is 68.8 Å². The van der Waals surface area contributed by atoms with E-state index in [0.29, 0.717) is 38.2 Å². The summed E-state index contributed by atoms with van der Waals surface area (Å²) in [6.45, 7) is 11.1. The molecule has 25 heavy (non-hydrogen) atoms. The fourth-order valence-corrected chi connectivity index (χ4v) is 3.81. The standard InChI is InChI=1S/C17H32N2O4S2/c1-15(2)7-6-9-21-10-8-19-16(20)23-12-11-22-14-24-25-17(3,4)13-18-5/h15,18H,8-14H2,1-5H3,(H,19,20). The molecule has 0 bridgehead atoms. The second-order valence-corrected chi connectivity index (χ2v) is 9.06.